The van der Waals surface area contributed by atoms with E-state index in [1.54, 1.807) is 6.92 Å². The number of hydrazine groups is 1. The Bertz CT molecular complexity index is 188. The third-order valence-corrected chi connectivity index (χ3v) is 3.38. The summed E-state index contributed by atoms with van der Waals surface area (Å²) in [4.78, 5) is 10.8. The van der Waals surface area contributed by atoms with Crippen molar-refractivity contribution in [2.24, 2.45) is 5.84 Å². The van der Waals surface area contributed by atoms with E-state index in [9.17, 15) is 18.0 Å². The van der Waals surface area contributed by atoms with Gasteiger partial charge in [0.15, 0.2) is 0 Å². The molecule has 3 N–H and O–H groups in total. The van der Waals surface area contributed by atoms with Gasteiger partial charge in [0.25, 0.3) is 0 Å². The Balaban J connectivity index is 3.50. The monoisotopic (exact) mass is 248 g/mol. The standard InChI is InChI=1S/C6H11F3N2OS2/c1-4(5(12)11-10)13-2-3-14-6(7,8)9/h4H,2-3,10H2,1H3,(H,11,12). The van der Waals surface area contributed by atoms with Gasteiger partial charge >= 0.3 is 5.51 Å². The van der Waals surface area contributed by atoms with Crippen molar-refractivity contribution in [2.45, 2.75) is 17.7 Å². The van der Waals surface area contributed by atoms with E-state index in [4.69, 9.17) is 5.84 Å². The number of carbonyl (C=O) groups is 1. The van der Waals surface area contributed by atoms with Crippen molar-refractivity contribution >= 4 is 29.4 Å². The summed E-state index contributed by atoms with van der Waals surface area (Å²) in [7, 11) is 0. The topological polar surface area (TPSA) is 55.1 Å². The van der Waals surface area contributed by atoms with Crippen molar-refractivity contribution < 1.29 is 18.0 Å². The first-order valence-electron chi connectivity index (χ1n) is 3.69. The maximum atomic E-state index is 11.7. The number of thioether (sulfide) groups is 2. The van der Waals surface area contributed by atoms with E-state index in [0.717, 1.165) is 11.8 Å². The average molecular weight is 248 g/mol. The molecule has 0 aromatic carbocycles. The molecule has 0 saturated carbocycles. The van der Waals surface area contributed by atoms with Crippen molar-refractivity contribution in [1.29, 1.82) is 0 Å². The van der Waals surface area contributed by atoms with Gasteiger partial charge in [0.1, 0.15) is 0 Å². The summed E-state index contributed by atoms with van der Waals surface area (Å²) in [5.41, 5.74) is -2.26. The Kier molecular flexibility index (Phi) is 6.38. The molecule has 0 fully saturated rings. The number of carbonyl (C=O) groups excluding carboxylic acids is 1. The number of alkyl halides is 3. The van der Waals surface area contributed by atoms with Crippen LogP contribution in [0.25, 0.3) is 0 Å². The normalized spacial score (nSPS) is 13.8. The van der Waals surface area contributed by atoms with Crippen molar-refractivity contribution in [1.82, 2.24) is 5.43 Å². The molecule has 0 saturated heterocycles. The minimum atomic E-state index is -4.19. The van der Waals surface area contributed by atoms with Crippen molar-refractivity contribution in [3.8, 4) is 0 Å². The number of hydrogen-bond acceptors (Lipinski definition) is 4. The van der Waals surface area contributed by atoms with Crippen LogP contribution in [0.5, 0.6) is 0 Å². The van der Waals surface area contributed by atoms with E-state index in [2.05, 4.69) is 0 Å². The lowest BCUT2D eigenvalue weighted by Gasteiger charge is -2.09. The first-order valence-corrected chi connectivity index (χ1v) is 5.73. The van der Waals surface area contributed by atoms with Crippen LogP contribution in [-0.2, 0) is 4.79 Å². The van der Waals surface area contributed by atoms with E-state index in [1.807, 2.05) is 5.43 Å². The quantitative estimate of drug-likeness (QED) is 0.334. The van der Waals surface area contributed by atoms with E-state index in [1.165, 1.54) is 0 Å². The van der Waals surface area contributed by atoms with Crippen molar-refractivity contribution in [3.63, 3.8) is 0 Å². The Hall–Kier alpha value is -0.0800. The number of hydrogen-bond donors (Lipinski definition) is 2. The fourth-order valence-corrected chi connectivity index (χ4v) is 2.10. The zero-order chi connectivity index (χ0) is 11.2. The van der Waals surface area contributed by atoms with Crippen LogP contribution in [-0.4, -0.2) is 28.2 Å². The summed E-state index contributed by atoms with van der Waals surface area (Å²) in [5, 5.41) is -0.422. The van der Waals surface area contributed by atoms with Gasteiger partial charge in [-0.05, 0) is 6.92 Å². The third kappa shape index (κ3) is 7.34. The Labute approximate surface area is 88.3 Å². The smallest absolute Gasteiger partial charge is 0.293 e. The van der Waals surface area contributed by atoms with Crippen LogP contribution in [0.1, 0.15) is 6.92 Å². The maximum absolute atomic E-state index is 11.7. The molecule has 1 amide bonds. The molecule has 0 aromatic rings. The van der Waals surface area contributed by atoms with Crippen molar-refractivity contribution in [3.05, 3.63) is 0 Å². The van der Waals surface area contributed by atoms with E-state index in [0.29, 0.717) is 0 Å². The summed E-state index contributed by atoms with van der Waals surface area (Å²) in [6.45, 7) is 1.59. The number of amides is 1. The zero-order valence-corrected chi connectivity index (χ0v) is 9.06. The van der Waals surface area contributed by atoms with Crippen LogP contribution in [0.4, 0.5) is 13.2 Å². The Morgan fingerprint density at radius 1 is 1.50 bits per heavy atom. The lowest BCUT2D eigenvalue weighted by atomic mass is 10.5. The molecule has 1 atom stereocenters. The first-order chi connectivity index (χ1) is 6.37. The molecule has 0 heterocycles. The molecule has 3 nitrogen and oxygen atoms in total. The highest BCUT2D eigenvalue weighted by Crippen LogP contribution is 2.30. The average Bonchev–Trinajstić information content (AvgIpc) is 2.09. The number of nitrogens with one attached hydrogen (secondary N) is 1. The van der Waals surface area contributed by atoms with Crippen molar-refractivity contribution in [2.75, 3.05) is 11.5 Å². The van der Waals surface area contributed by atoms with Gasteiger partial charge in [-0.15, -0.1) is 11.8 Å². The van der Waals surface area contributed by atoms with Gasteiger partial charge in [-0.2, -0.15) is 13.2 Å². The minimum absolute atomic E-state index is 0.0592. The molecule has 0 aliphatic carbocycles. The van der Waals surface area contributed by atoms with Gasteiger partial charge in [0.2, 0.25) is 5.91 Å². The van der Waals surface area contributed by atoms with Crippen LogP contribution >= 0.6 is 23.5 Å². The van der Waals surface area contributed by atoms with Crippen LogP contribution in [0, 0.1) is 0 Å². The molecular weight excluding hydrogens is 237 g/mol. The molecule has 1 unspecified atom stereocenters. The van der Waals surface area contributed by atoms with Crippen LogP contribution in [0.15, 0.2) is 0 Å². The number of halogens is 3. The number of nitrogens with two attached hydrogens (primary N) is 1. The van der Waals surface area contributed by atoms with Gasteiger partial charge < -0.3 is 0 Å². The van der Waals surface area contributed by atoms with Gasteiger partial charge in [0.05, 0.1) is 5.25 Å². The van der Waals surface area contributed by atoms with E-state index < -0.39 is 10.8 Å². The molecule has 84 valence electrons. The molecule has 0 rings (SSSR count). The molecule has 0 aliphatic heterocycles. The second kappa shape index (κ2) is 6.41. The molecule has 14 heavy (non-hydrogen) atoms. The Morgan fingerprint density at radius 3 is 2.50 bits per heavy atom. The highest BCUT2D eigenvalue weighted by Gasteiger charge is 2.27. The lowest BCUT2D eigenvalue weighted by molar-refractivity contribution is -0.120. The predicted octanol–water partition coefficient (Wildman–Crippen LogP) is 1.35. The maximum Gasteiger partial charge on any atom is 0.441 e. The summed E-state index contributed by atoms with van der Waals surface area (Å²) in [6.07, 6.45) is 0. The Morgan fingerprint density at radius 2 is 2.07 bits per heavy atom. The van der Waals surface area contributed by atoms with Gasteiger partial charge in [-0.1, -0.05) is 11.8 Å². The van der Waals surface area contributed by atoms with E-state index in [-0.39, 0.29) is 29.2 Å². The third-order valence-electron chi connectivity index (χ3n) is 1.23. The molecule has 0 spiro atoms. The highest BCUT2D eigenvalue weighted by atomic mass is 32.2. The lowest BCUT2D eigenvalue weighted by Crippen LogP contribution is -2.36. The largest absolute Gasteiger partial charge is 0.441 e. The summed E-state index contributed by atoms with van der Waals surface area (Å²) < 4.78 is 35.0. The second-order valence-electron chi connectivity index (χ2n) is 2.32. The summed E-state index contributed by atoms with van der Waals surface area (Å²) in [6, 6.07) is 0. The van der Waals surface area contributed by atoms with E-state index >= 15 is 0 Å². The molecule has 8 heteroatoms. The summed E-state index contributed by atoms with van der Waals surface area (Å²) >= 11 is 1.05. The number of rotatable bonds is 5. The minimum Gasteiger partial charge on any atom is -0.293 e. The molecular formula is C6H11F3N2OS2. The molecule has 0 bridgehead atoms. The zero-order valence-electron chi connectivity index (χ0n) is 7.43. The van der Waals surface area contributed by atoms with Crippen LogP contribution in [0.2, 0.25) is 0 Å². The SMILES string of the molecule is CC(SCCSC(F)(F)F)C(=O)NN. The van der Waals surface area contributed by atoms with Crippen LogP contribution in [0.3, 0.4) is 0 Å². The van der Waals surface area contributed by atoms with Gasteiger partial charge in [-0.3, -0.25) is 10.2 Å². The first kappa shape index (κ1) is 13.9. The fourth-order valence-electron chi connectivity index (χ4n) is 0.575. The second-order valence-corrected chi connectivity index (χ2v) is 4.92. The van der Waals surface area contributed by atoms with Crippen LogP contribution < -0.4 is 11.3 Å². The molecule has 0 aromatic heterocycles. The predicted molar refractivity (Wildman–Crippen MR) is 52.8 cm³/mol. The van der Waals surface area contributed by atoms with Gasteiger partial charge in [-0.25, -0.2) is 5.84 Å². The van der Waals surface area contributed by atoms with Gasteiger partial charge in [0, 0.05) is 11.5 Å². The molecule has 0 aliphatic rings. The fraction of sp³-hybridized carbons (Fsp3) is 0.833. The summed E-state index contributed by atoms with van der Waals surface area (Å²) in [5.74, 6) is 4.67. The molecule has 0 radical (unpaired) electrons. The highest BCUT2D eigenvalue weighted by molar-refractivity contribution is 8.03.